The molecule has 2 rings (SSSR count). The molecule has 0 unspecified atom stereocenters. The van der Waals surface area contributed by atoms with Gasteiger partial charge in [-0.3, -0.25) is 9.59 Å². The van der Waals surface area contributed by atoms with Crippen molar-refractivity contribution in [1.82, 2.24) is 4.72 Å². The number of carboxylic acid groups (broad SMARTS) is 1. The van der Waals surface area contributed by atoms with Crippen LogP contribution in [0.3, 0.4) is 0 Å². The zero-order valence-electron chi connectivity index (χ0n) is 13.9. The van der Waals surface area contributed by atoms with Gasteiger partial charge in [-0.05, 0) is 36.5 Å². The van der Waals surface area contributed by atoms with E-state index in [0.717, 1.165) is 18.4 Å². The van der Waals surface area contributed by atoms with E-state index < -0.39 is 28.0 Å². The molecule has 24 heavy (non-hydrogen) atoms. The summed E-state index contributed by atoms with van der Waals surface area (Å²) in [6, 6.07) is 3.36. The van der Waals surface area contributed by atoms with E-state index in [-0.39, 0.29) is 10.8 Å². The Morgan fingerprint density at radius 3 is 2.50 bits per heavy atom. The number of fused-ring (bicyclic) bond motifs is 1. The first kappa shape index (κ1) is 18.4. The fraction of sp³-hybridized carbons (Fsp3) is 0.500. The summed E-state index contributed by atoms with van der Waals surface area (Å²) in [5, 5.41) is 9.18. The van der Waals surface area contributed by atoms with Gasteiger partial charge in [-0.15, -0.1) is 0 Å². The number of nitrogens with zero attached hydrogens (tertiary/aromatic N) is 1. The number of sulfonamides is 1. The second-order valence-corrected chi connectivity index (χ2v) is 7.96. The van der Waals surface area contributed by atoms with Gasteiger partial charge in [0, 0.05) is 19.2 Å². The standard InChI is InChI=1S/C16H22N2O5S/c1-10(2)15(16(20)21)17-24(22,23)13-7-6-12-5-4-8-18(11(3)19)14(12)9-13/h6-7,9-10,15,17H,4-5,8H2,1-3H3,(H,20,21)/t15-/m0/s1. The van der Waals surface area contributed by atoms with Crippen molar-refractivity contribution in [3.63, 3.8) is 0 Å². The van der Waals surface area contributed by atoms with Crippen LogP contribution in [0.2, 0.25) is 0 Å². The van der Waals surface area contributed by atoms with Crippen LogP contribution in [0.5, 0.6) is 0 Å². The van der Waals surface area contributed by atoms with Crippen molar-refractivity contribution in [3.8, 4) is 0 Å². The van der Waals surface area contributed by atoms with Crippen LogP contribution in [-0.4, -0.2) is 38.0 Å². The average molecular weight is 354 g/mol. The van der Waals surface area contributed by atoms with Crippen LogP contribution in [0, 0.1) is 5.92 Å². The molecule has 8 heteroatoms. The van der Waals surface area contributed by atoms with E-state index in [1.54, 1.807) is 24.8 Å². The van der Waals surface area contributed by atoms with Gasteiger partial charge in [-0.25, -0.2) is 8.42 Å². The molecule has 1 atom stereocenters. The van der Waals surface area contributed by atoms with Gasteiger partial charge in [-0.1, -0.05) is 19.9 Å². The van der Waals surface area contributed by atoms with Gasteiger partial charge in [0.05, 0.1) is 4.90 Å². The van der Waals surface area contributed by atoms with E-state index >= 15 is 0 Å². The van der Waals surface area contributed by atoms with Crippen molar-refractivity contribution in [2.75, 3.05) is 11.4 Å². The van der Waals surface area contributed by atoms with Crippen LogP contribution in [0.4, 0.5) is 5.69 Å². The van der Waals surface area contributed by atoms with E-state index in [0.29, 0.717) is 12.2 Å². The summed E-state index contributed by atoms with van der Waals surface area (Å²) in [4.78, 5) is 24.5. The van der Waals surface area contributed by atoms with Crippen molar-refractivity contribution >= 4 is 27.6 Å². The third-order valence-corrected chi connectivity index (χ3v) is 5.52. The van der Waals surface area contributed by atoms with Gasteiger partial charge >= 0.3 is 5.97 Å². The number of aliphatic carboxylic acids is 1. The first-order chi connectivity index (χ1) is 11.1. The van der Waals surface area contributed by atoms with Gasteiger partial charge in [0.15, 0.2) is 0 Å². The SMILES string of the molecule is CC(=O)N1CCCc2ccc(S(=O)(=O)N[C@H](C(=O)O)C(C)C)cc21. The summed E-state index contributed by atoms with van der Waals surface area (Å²) >= 11 is 0. The summed E-state index contributed by atoms with van der Waals surface area (Å²) in [6.45, 7) is 5.24. The molecule has 0 aromatic heterocycles. The fourth-order valence-electron chi connectivity index (χ4n) is 2.76. The molecular weight excluding hydrogens is 332 g/mol. The predicted molar refractivity (Wildman–Crippen MR) is 89.4 cm³/mol. The Morgan fingerprint density at radius 2 is 1.96 bits per heavy atom. The number of carbonyl (C=O) groups excluding carboxylic acids is 1. The minimum atomic E-state index is -4.00. The maximum absolute atomic E-state index is 12.5. The Morgan fingerprint density at radius 1 is 1.29 bits per heavy atom. The van der Waals surface area contributed by atoms with E-state index in [1.807, 2.05) is 0 Å². The molecule has 0 bridgehead atoms. The van der Waals surface area contributed by atoms with Crippen LogP contribution in [-0.2, 0) is 26.0 Å². The molecule has 0 radical (unpaired) electrons. The molecule has 0 aliphatic carbocycles. The number of carbonyl (C=O) groups is 2. The lowest BCUT2D eigenvalue weighted by molar-refractivity contribution is -0.140. The maximum Gasteiger partial charge on any atom is 0.322 e. The fourth-order valence-corrected chi connectivity index (χ4v) is 4.11. The van der Waals surface area contributed by atoms with Crippen molar-refractivity contribution in [3.05, 3.63) is 23.8 Å². The third-order valence-electron chi connectivity index (χ3n) is 4.08. The molecular formula is C16H22N2O5S. The first-order valence-electron chi connectivity index (χ1n) is 7.79. The van der Waals surface area contributed by atoms with Crippen molar-refractivity contribution in [2.24, 2.45) is 5.92 Å². The van der Waals surface area contributed by atoms with Crippen LogP contribution < -0.4 is 9.62 Å². The highest BCUT2D eigenvalue weighted by molar-refractivity contribution is 7.89. The summed E-state index contributed by atoms with van der Waals surface area (Å²) in [6.07, 6.45) is 1.60. The monoisotopic (exact) mass is 354 g/mol. The Labute approximate surface area is 141 Å². The van der Waals surface area contributed by atoms with E-state index in [2.05, 4.69) is 4.72 Å². The molecule has 1 aliphatic heterocycles. The third kappa shape index (κ3) is 3.76. The van der Waals surface area contributed by atoms with Gasteiger partial charge in [-0.2, -0.15) is 4.72 Å². The number of benzene rings is 1. The highest BCUT2D eigenvalue weighted by Gasteiger charge is 2.29. The Bertz CT molecular complexity index is 758. The van der Waals surface area contributed by atoms with Crippen molar-refractivity contribution in [1.29, 1.82) is 0 Å². The van der Waals surface area contributed by atoms with Crippen molar-refractivity contribution < 1.29 is 23.1 Å². The summed E-state index contributed by atoms with van der Waals surface area (Å²) < 4.78 is 27.3. The first-order valence-corrected chi connectivity index (χ1v) is 9.28. The summed E-state index contributed by atoms with van der Waals surface area (Å²) in [5.74, 6) is -1.77. The van der Waals surface area contributed by atoms with Gasteiger partial charge in [0.1, 0.15) is 6.04 Å². The number of hydrogen-bond acceptors (Lipinski definition) is 4. The second kappa shape index (κ2) is 6.90. The van der Waals surface area contributed by atoms with E-state index in [4.69, 9.17) is 0 Å². The summed E-state index contributed by atoms with van der Waals surface area (Å²) in [5.41, 5.74) is 1.49. The zero-order valence-corrected chi connectivity index (χ0v) is 14.8. The lowest BCUT2D eigenvalue weighted by atomic mass is 10.0. The zero-order chi connectivity index (χ0) is 18.1. The molecule has 132 valence electrons. The smallest absolute Gasteiger partial charge is 0.322 e. The van der Waals surface area contributed by atoms with Gasteiger partial charge in [0.25, 0.3) is 0 Å². The molecule has 0 spiro atoms. The predicted octanol–water partition coefficient (Wildman–Crippen LogP) is 1.37. The Hall–Kier alpha value is -1.93. The quantitative estimate of drug-likeness (QED) is 0.831. The highest BCUT2D eigenvalue weighted by Crippen LogP contribution is 2.30. The van der Waals surface area contributed by atoms with Gasteiger partial charge < -0.3 is 10.0 Å². The van der Waals surface area contributed by atoms with Crippen LogP contribution in [0.25, 0.3) is 0 Å². The molecule has 0 saturated heterocycles. The molecule has 1 heterocycles. The largest absolute Gasteiger partial charge is 0.480 e. The number of hydrogen-bond donors (Lipinski definition) is 2. The number of rotatable bonds is 5. The molecule has 2 N–H and O–H groups in total. The lowest BCUT2D eigenvalue weighted by Crippen LogP contribution is -2.44. The topological polar surface area (TPSA) is 104 Å². The number of aryl methyl sites for hydroxylation is 1. The van der Waals surface area contributed by atoms with Crippen molar-refractivity contribution in [2.45, 2.75) is 44.6 Å². The maximum atomic E-state index is 12.5. The number of amides is 1. The van der Waals surface area contributed by atoms with E-state index in [9.17, 15) is 23.1 Å². The molecule has 1 aromatic carbocycles. The van der Waals surface area contributed by atoms with E-state index in [1.165, 1.54) is 19.1 Å². The number of carboxylic acids is 1. The highest BCUT2D eigenvalue weighted by atomic mass is 32.2. The Balaban J connectivity index is 2.40. The number of anilines is 1. The lowest BCUT2D eigenvalue weighted by Gasteiger charge is -2.29. The molecule has 1 aliphatic rings. The molecule has 0 fully saturated rings. The van der Waals surface area contributed by atoms with Gasteiger partial charge in [0.2, 0.25) is 15.9 Å². The molecule has 1 amide bonds. The number of nitrogens with one attached hydrogen (secondary N) is 1. The Kier molecular flexibility index (Phi) is 5.29. The average Bonchev–Trinajstić information content (AvgIpc) is 2.50. The minimum absolute atomic E-state index is 0.0405. The minimum Gasteiger partial charge on any atom is -0.480 e. The van der Waals surface area contributed by atoms with Crippen LogP contribution in [0.15, 0.2) is 23.1 Å². The second-order valence-electron chi connectivity index (χ2n) is 6.25. The molecule has 0 saturated carbocycles. The van der Waals surface area contributed by atoms with Crippen LogP contribution >= 0.6 is 0 Å². The summed E-state index contributed by atoms with van der Waals surface area (Å²) in [7, 11) is -4.00. The normalized spacial score (nSPS) is 15.9. The molecule has 7 nitrogen and oxygen atoms in total. The van der Waals surface area contributed by atoms with Crippen LogP contribution in [0.1, 0.15) is 32.8 Å². The molecule has 1 aromatic rings.